The van der Waals surface area contributed by atoms with Gasteiger partial charge in [0.2, 0.25) is 5.91 Å². The Morgan fingerprint density at radius 1 is 1.35 bits per heavy atom. The van der Waals surface area contributed by atoms with Gasteiger partial charge >= 0.3 is 5.97 Å². The lowest BCUT2D eigenvalue weighted by atomic mass is 10.0. The van der Waals surface area contributed by atoms with Gasteiger partial charge in [-0.05, 0) is 37.0 Å². The van der Waals surface area contributed by atoms with Crippen LogP contribution in [0.3, 0.4) is 0 Å². The zero-order chi connectivity index (χ0) is 15.3. The number of ether oxygens (including phenoxy) is 1. The van der Waals surface area contributed by atoms with E-state index in [0.717, 1.165) is 0 Å². The van der Waals surface area contributed by atoms with Crippen LogP contribution in [-0.2, 0) is 9.53 Å². The molecule has 0 spiro atoms. The van der Waals surface area contributed by atoms with Crippen LogP contribution in [0.4, 0.5) is 5.69 Å². The highest BCUT2D eigenvalue weighted by molar-refractivity contribution is 5.98. The molecule has 0 radical (unpaired) electrons. The van der Waals surface area contributed by atoms with Gasteiger partial charge in [0.1, 0.15) is 0 Å². The minimum atomic E-state index is -0.559. The number of carbonyl (C=O) groups excluding carboxylic acids is 2. The summed E-state index contributed by atoms with van der Waals surface area (Å²) in [6.45, 7) is 5.78. The van der Waals surface area contributed by atoms with E-state index in [1.54, 1.807) is 25.1 Å². The number of nitrogens with two attached hydrogens (primary N) is 1. The van der Waals surface area contributed by atoms with Gasteiger partial charge in [-0.2, -0.15) is 0 Å². The second-order valence-electron chi connectivity index (χ2n) is 5.20. The molecular weight excluding hydrogens is 256 g/mol. The molecule has 0 unspecified atom stereocenters. The molecule has 1 aromatic carbocycles. The van der Waals surface area contributed by atoms with Crippen LogP contribution in [-0.4, -0.2) is 25.0 Å². The van der Waals surface area contributed by atoms with Crippen molar-refractivity contribution in [2.45, 2.75) is 33.2 Å². The van der Waals surface area contributed by atoms with Crippen LogP contribution >= 0.6 is 0 Å². The van der Waals surface area contributed by atoms with Gasteiger partial charge in [-0.3, -0.25) is 4.79 Å². The Labute approximate surface area is 119 Å². The highest BCUT2D eigenvalue weighted by Crippen LogP contribution is 2.20. The van der Waals surface area contributed by atoms with Crippen molar-refractivity contribution in [2.24, 2.45) is 11.7 Å². The van der Waals surface area contributed by atoms with Crippen LogP contribution < -0.4 is 11.1 Å². The summed E-state index contributed by atoms with van der Waals surface area (Å²) in [7, 11) is 1.32. The van der Waals surface area contributed by atoms with Crippen molar-refractivity contribution in [3.05, 3.63) is 29.3 Å². The molecule has 1 amide bonds. The SMILES string of the molecule is COC(=O)c1cccc(NC(=O)[C@@H](N)CC(C)C)c1C. The molecule has 1 rings (SSSR count). The number of amides is 1. The highest BCUT2D eigenvalue weighted by atomic mass is 16.5. The molecule has 0 heterocycles. The number of anilines is 1. The lowest BCUT2D eigenvalue weighted by Crippen LogP contribution is -2.36. The molecule has 0 fully saturated rings. The van der Waals surface area contributed by atoms with E-state index in [2.05, 4.69) is 5.32 Å². The van der Waals surface area contributed by atoms with Crippen LogP contribution in [0.1, 0.15) is 36.2 Å². The number of hydrogen-bond donors (Lipinski definition) is 2. The van der Waals surface area contributed by atoms with E-state index in [9.17, 15) is 9.59 Å². The van der Waals surface area contributed by atoms with Crippen molar-refractivity contribution in [1.29, 1.82) is 0 Å². The fourth-order valence-corrected chi connectivity index (χ4v) is 1.94. The molecule has 110 valence electrons. The van der Waals surface area contributed by atoms with E-state index in [4.69, 9.17) is 10.5 Å². The van der Waals surface area contributed by atoms with Gasteiger partial charge in [0.25, 0.3) is 0 Å². The molecule has 0 saturated carbocycles. The summed E-state index contributed by atoms with van der Waals surface area (Å²) in [6.07, 6.45) is 0.613. The van der Waals surface area contributed by atoms with Crippen LogP contribution in [0.15, 0.2) is 18.2 Å². The Hall–Kier alpha value is -1.88. The summed E-state index contributed by atoms with van der Waals surface area (Å²) in [6, 6.07) is 4.53. The average Bonchev–Trinajstić information content (AvgIpc) is 2.39. The first-order chi connectivity index (χ1) is 9.36. The maximum atomic E-state index is 12.0. The van der Waals surface area contributed by atoms with Gasteiger partial charge in [-0.25, -0.2) is 4.79 Å². The van der Waals surface area contributed by atoms with E-state index in [1.807, 2.05) is 13.8 Å². The van der Waals surface area contributed by atoms with Gasteiger partial charge in [0, 0.05) is 5.69 Å². The minimum absolute atomic E-state index is 0.246. The molecule has 0 aliphatic heterocycles. The summed E-state index contributed by atoms with van der Waals surface area (Å²) in [5.41, 5.74) is 7.52. The fraction of sp³-hybridized carbons (Fsp3) is 0.467. The molecule has 0 aromatic heterocycles. The monoisotopic (exact) mass is 278 g/mol. The molecule has 5 nitrogen and oxygen atoms in total. The predicted octanol–water partition coefficient (Wildman–Crippen LogP) is 2.09. The molecule has 1 aromatic rings. The normalized spacial score (nSPS) is 12.1. The van der Waals surface area contributed by atoms with Crippen molar-refractivity contribution in [3.63, 3.8) is 0 Å². The molecule has 20 heavy (non-hydrogen) atoms. The van der Waals surface area contributed by atoms with Crippen molar-refractivity contribution in [1.82, 2.24) is 0 Å². The first kappa shape index (κ1) is 16.2. The van der Waals surface area contributed by atoms with E-state index < -0.39 is 12.0 Å². The summed E-state index contributed by atoms with van der Waals surface area (Å²) in [4.78, 5) is 23.6. The summed E-state index contributed by atoms with van der Waals surface area (Å²) in [5, 5.41) is 2.76. The van der Waals surface area contributed by atoms with Gasteiger partial charge in [0.15, 0.2) is 0 Å². The smallest absolute Gasteiger partial charge is 0.338 e. The van der Waals surface area contributed by atoms with Gasteiger partial charge in [0.05, 0.1) is 18.7 Å². The first-order valence-corrected chi connectivity index (χ1v) is 6.61. The molecule has 0 aliphatic rings. The fourth-order valence-electron chi connectivity index (χ4n) is 1.94. The Morgan fingerprint density at radius 3 is 2.55 bits per heavy atom. The maximum absolute atomic E-state index is 12.0. The lowest BCUT2D eigenvalue weighted by molar-refractivity contribution is -0.117. The predicted molar refractivity (Wildman–Crippen MR) is 78.6 cm³/mol. The number of methoxy groups -OCH3 is 1. The van der Waals surface area contributed by atoms with Crippen molar-refractivity contribution < 1.29 is 14.3 Å². The quantitative estimate of drug-likeness (QED) is 0.808. The molecule has 0 aliphatic carbocycles. The number of hydrogen-bond acceptors (Lipinski definition) is 4. The zero-order valence-electron chi connectivity index (χ0n) is 12.4. The van der Waals surface area contributed by atoms with Crippen molar-refractivity contribution in [2.75, 3.05) is 12.4 Å². The molecule has 1 atom stereocenters. The third-order valence-electron chi connectivity index (χ3n) is 3.06. The van der Waals surface area contributed by atoms with E-state index in [0.29, 0.717) is 29.2 Å². The summed E-state index contributed by atoms with van der Waals surface area (Å²) in [5.74, 6) is -0.327. The van der Waals surface area contributed by atoms with Gasteiger partial charge in [-0.1, -0.05) is 19.9 Å². The standard InChI is InChI=1S/C15H22N2O3/c1-9(2)8-12(16)14(18)17-13-7-5-6-11(10(13)3)15(19)20-4/h5-7,9,12H,8,16H2,1-4H3,(H,17,18)/t12-/m0/s1. The second kappa shape index (κ2) is 7.05. The number of carbonyl (C=O) groups is 2. The Bertz CT molecular complexity index is 498. The highest BCUT2D eigenvalue weighted by Gasteiger charge is 2.18. The lowest BCUT2D eigenvalue weighted by Gasteiger charge is -2.16. The number of esters is 1. The third kappa shape index (κ3) is 4.06. The topological polar surface area (TPSA) is 81.4 Å². The zero-order valence-corrected chi connectivity index (χ0v) is 12.4. The first-order valence-electron chi connectivity index (χ1n) is 6.61. The number of benzene rings is 1. The maximum Gasteiger partial charge on any atom is 0.338 e. The van der Waals surface area contributed by atoms with E-state index in [1.165, 1.54) is 7.11 Å². The Kier molecular flexibility index (Phi) is 5.70. The molecule has 0 bridgehead atoms. The Morgan fingerprint density at radius 2 is 2.00 bits per heavy atom. The van der Waals surface area contributed by atoms with E-state index >= 15 is 0 Å². The summed E-state index contributed by atoms with van der Waals surface area (Å²) >= 11 is 0. The van der Waals surface area contributed by atoms with Crippen LogP contribution in [0.2, 0.25) is 0 Å². The average molecular weight is 278 g/mol. The number of rotatable bonds is 5. The second-order valence-corrected chi connectivity index (χ2v) is 5.20. The largest absolute Gasteiger partial charge is 0.465 e. The van der Waals surface area contributed by atoms with Crippen molar-refractivity contribution >= 4 is 17.6 Å². The molecule has 5 heteroatoms. The number of nitrogens with one attached hydrogen (secondary N) is 1. The molecule has 3 N–H and O–H groups in total. The van der Waals surface area contributed by atoms with Crippen LogP contribution in [0.25, 0.3) is 0 Å². The third-order valence-corrected chi connectivity index (χ3v) is 3.06. The van der Waals surface area contributed by atoms with Gasteiger partial charge in [-0.15, -0.1) is 0 Å². The minimum Gasteiger partial charge on any atom is -0.465 e. The Balaban J connectivity index is 2.88. The molecule has 0 saturated heterocycles. The van der Waals surface area contributed by atoms with E-state index in [-0.39, 0.29) is 5.91 Å². The molecular formula is C15H22N2O3. The van der Waals surface area contributed by atoms with Crippen LogP contribution in [0, 0.1) is 12.8 Å². The van der Waals surface area contributed by atoms with Crippen molar-refractivity contribution in [3.8, 4) is 0 Å². The van der Waals surface area contributed by atoms with Gasteiger partial charge < -0.3 is 15.8 Å². The summed E-state index contributed by atoms with van der Waals surface area (Å²) < 4.78 is 4.70. The van der Waals surface area contributed by atoms with Crippen LogP contribution in [0.5, 0.6) is 0 Å².